The minimum atomic E-state index is -3.05. The smallest absolute Gasteiger partial charge is 0.312 e. The third kappa shape index (κ3) is 8.04. The number of hydrogen-bond acceptors (Lipinski definition) is 5. The fourth-order valence-corrected chi connectivity index (χ4v) is 10.7. The van der Waals surface area contributed by atoms with Crippen molar-refractivity contribution in [1.82, 2.24) is 5.32 Å². The standard InChI is InChI=1S/C15H35NO3P2S/c1-6-10-12-20(22,13-11-7-2)15(16-5)14-21(17,18-8-3)19-9-4/h15-16H,6-14H2,1-5H3. The van der Waals surface area contributed by atoms with Gasteiger partial charge in [0.2, 0.25) is 0 Å². The molecule has 0 aromatic heterocycles. The monoisotopic (exact) mass is 371 g/mol. The van der Waals surface area contributed by atoms with Crippen molar-refractivity contribution in [2.45, 2.75) is 59.2 Å². The van der Waals surface area contributed by atoms with Crippen molar-refractivity contribution in [2.24, 2.45) is 0 Å². The fourth-order valence-electron chi connectivity index (χ4n) is 2.50. The SMILES string of the molecule is CCCCP(=S)(CCCC)C(CP(=O)(OCC)OCC)NC. The van der Waals surface area contributed by atoms with Gasteiger partial charge in [-0.05, 0) is 52.1 Å². The summed E-state index contributed by atoms with van der Waals surface area (Å²) in [6.07, 6.45) is 7.13. The van der Waals surface area contributed by atoms with Gasteiger partial charge in [0.1, 0.15) is 0 Å². The maximum atomic E-state index is 12.9. The largest absolute Gasteiger partial charge is 0.332 e. The summed E-state index contributed by atoms with van der Waals surface area (Å²) in [6.45, 7) is 8.90. The van der Waals surface area contributed by atoms with Crippen LogP contribution in [0.5, 0.6) is 0 Å². The molecule has 1 N–H and O–H groups in total. The summed E-state index contributed by atoms with van der Waals surface area (Å²) in [5, 5.41) is 3.35. The second kappa shape index (κ2) is 12.2. The quantitative estimate of drug-likeness (QED) is 0.441. The van der Waals surface area contributed by atoms with E-state index in [4.69, 9.17) is 20.9 Å². The van der Waals surface area contributed by atoms with Crippen LogP contribution in [0, 0.1) is 0 Å². The van der Waals surface area contributed by atoms with Crippen LogP contribution >= 0.6 is 13.6 Å². The van der Waals surface area contributed by atoms with E-state index in [-0.39, 0.29) is 5.78 Å². The van der Waals surface area contributed by atoms with Crippen LogP contribution in [0.2, 0.25) is 0 Å². The van der Waals surface area contributed by atoms with Crippen LogP contribution in [0.25, 0.3) is 0 Å². The predicted molar refractivity (Wildman–Crippen MR) is 102 cm³/mol. The summed E-state index contributed by atoms with van der Waals surface area (Å²) in [5.41, 5.74) is 0. The lowest BCUT2D eigenvalue weighted by molar-refractivity contribution is 0.219. The van der Waals surface area contributed by atoms with Gasteiger partial charge in [-0.2, -0.15) is 0 Å². The van der Waals surface area contributed by atoms with Crippen molar-refractivity contribution in [3.8, 4) is 0 Å². The lowest BCUT2D eigenvalue weighted by Crippen LogP contribution is -2.32. The summed E-state index contributed by atoms with van der Waals surface area (Å²) in [6, 6.07) is -1.62. The Morgan fingerprint density at radius 1 is 1.00 bits per heavy atom. The molecule has 0 spiro atoms. The Labute approximate surface area is 142 Å². The molecule has 0 aliphatic carbocycles. The molecular weight excluding hydrogens is 336 g/mol. The highest BCUT2D eigenvalue weighted by Crippen LogP contribution is 2.58. The predicted octanol–water partition coefficient (Wildman–Crippen LogP) is 4.88. The van der Waals surface area contributed by atoms with E-state index in [1.165, 1.54) is 0 Å². The summed E-state index contributed by atoms with van der Waals surface area (Å²) in [4.78, 5) is 0. The fraction of sp³-hybridized carbons (Fsp3) is 1.00. The molecule has 4 nitrogen and oxygen atoms in total. The molecule has 0 heterocycles. The van der Waals surface area contributed by atoms with E-state index in [0.717, 1.165) is 38.0 Å². The molecule has 0 saturated heterocycles. The molecule has 0 saturated carbocycles. The molecule has 0 amide bonds. The maximum Gasteiger partial charge on any atom is 0.332 e. The van der Waals surface area contributed by atoms with Crippen LogP contribution in [0.15, 0.2) is 0 Å². The van der Waals surface area contributed by atoms with Crippen LogP contribution in [0.1, 0.15) is 53.4 Å². The molecule has 7 heteroatoms. The maximum absolute atomic E-state index is 12.9. The van der Waals surface area contributed by atoms with Gasteiger partial charge < -0.3 is 14.4 Å². The number of unbranched alkanes of at least 4 members (excludes halogenated alkanes) is 2. The Morgan fingerprint density at radius 2 is 1.45 bits per heavy atom. The molecule has 1 atom stereocenters. The highest BCUT2D eigenvalue weighted by atomic mass is 32.4. The van der Waals surface area contributed by atoms with Crippen LogP contribution in [0.4, 0.5) is 0 Å². The summed E-state index contributed by atoms with van der Waals surface area (Å²) in [5.74, 6) is 0.0736. The van der Waals surface area contributed by atoms with Crippen LogP contribution in [-0.2, 0) is 25.4 Å². The van der Waals surface area contributed by atoms with Crippen LogP contribution in [0.3, 0.4) is 0 Å². The first kappa shape index (κ1) is 22.8. The Bertz CT molecular complexity index is 358. The van der Waals surface area contributed by atoms with Crippen molar-refractivity contribution in [3.63, 3.8) is 0 Å². The summed E-state index contributed by atoms with van der Waals surface area (Å²) < 4.78 is 23.8. The highest BCUT2D eigenvalue weighted by molar-refractivity contribution is 8.15. The topological polar surface area (TPSA) is 47.6 Å². The third-order valence-corrected chi connectivity index (χ3v) is 11.7. The average molecular weight is 371 g/mol. The van der Waals surface area contributed by atoms with E-state index in [1.807, 2.05) is 20.9 Å². The van der Waals surface area contributed by atoms with Gasteiger partial charge >= 0.3 is 7.60 Å². The van der Waals surface area contributed by atoms with Crippen molar-refractivity contribution in [1.29, 1.82) is 0 Å². The van der Waals surface area contributed by atoms with Gasteiger partial charge in [0.05, 0.1) is 19.4 Å². The van der Waals surface area contributed by atoms with Gasteiger partial charge in [0.25, 0.3) is 0 Å². The van der Waals surface area contributed by atoms with Gasteiger partial charge in [0.15, 0.2) is 0 Å². The molecule has 0 radical (unpaired) electrons. The van der Waals surface area contributed by atoms with Gasteiger partial charge in [-0.25, -0.2) is 0 Å². The first-order valence-electron chi connectivity index (χ1n) is 8.54. The zero-order valence-corrected chi connectivity index (χ0v) is 17.6. The number of hydrogen-bond donors (Lipinski definition) is 1. The molecule has 0 aliphatic heterocycles. The Balaban J connectivity index is 5.18. The average Bonchev–Trinajstić information content (AvgIpc) is 2.49. The molecule has 0 fully saturated rings. The minimum absolute atomic E-state index is 0.0736. The van der Waals surface area contributed by atoms with Crippen LogP contribution < -0.4 is 5.32 Å². The molecule has 22 heavy (non-hydrogen) atoms. The lowest BCUT2D eigenvalue weighted by Gasteiger charge is -2.33. The number of rotatable bonds is 14. The van der Waals surface area contributed by atoms with Gasteiger partial charge in [-0.15, -0.1) is 0 Å². The van der Waals surface area contributed by atoms with Crippen molar-refractivity contribution < 1.29 is 13.6 Å². The van der Waals surface area contributed by atoms with E-state index in [2.05, 4.69) is 19.2 Å². The Hall–Kier alpha value is 0.760. The third-order valence-electron chi connectivity index (χ3n) is 3.73. The van der Waals surface area contributed by atoms with E-state index in [1.54, 1.807) is 0 Å². The summed E-state index contributed by atoms with van der Waals surface area (Å²) >= 11 is 6.11. The Kier molecular flexibility index (Phi) is 12.6. The molecule has 0 rings (SSSR count). The van der Waals surface area contributed by atoms with E-state index in [0.29, 0.717) is 19.4 Å². The van der Waals surface area contributed by atoms with Crippen molar-refractivity contribution in [3.05, 3.63) is 0 Å². The summed E-state index contributed by atoms with van der Waals surface area (Å²) in [7, 11) is -1.13. The minimum Gasteiger partial charge on any atom is -0.312 e. The van der Waals surface area contributed by atoms with Gasteiger partial charge in [-0.3, -0.25) is 4.57 Å². The van der Waals surface area contributed by atoms with Gasteiger partial charge in [0, 0.05) is 5.78 Å². The lowest BCUT2D eigenvalue weighted by atomic mass is 10.4. The van der Waals surface area contributed by atoms with E-state index >= 15 is 0 Å². The molecule has 134 valence electrons. The first-order chi connectivity index (χ1) is 10.4. The zero-order valence-electron chi connectivity index (χ0n) is 15.0. The van der Waals surface area contributed by atoms with Gasteiger partial charge in [-0.1, -0.05) is 38.5 Å². The molecule has 0 aromatic rings. The number of nitrogens with one attached hydrogen (secondary N) is 1. The van der Waals surface area contributed by atoms with E-state index in [9.17, 15) is 4.57 Å². The second-order valence-electron chi connectivity index (χ2n) is 5.54. The molecule has 0 bridgehead atoms. The second-order valence-corrected chi connectivity index (χ2v) is 13.2. The zero-order chi connectivity index (χ0) is 17.1. The molecule has 1 unspecified atom stereocenters. The van der Waals surface area contributed by atoms with E-state index < -0.39 is 13.6 Å². The normalized spacial score (nSPS) is 14.2. The van der Waals surface area contributed by atoms with Crippen LogP contribution in [-0.4, -0.2) is 44.5 Å². The molecule has 0 aromatic carbocycles. The van der Waals surface area contributed by atoms with Crippen molar-refractivity contribution >= 4 is 25.4 Å². The first-order valence-corrected chi connectivity index (χ1v) is 13.5. The van der Waals surface area contributed by atoms with Crippen molar-refractivity contribution in [2.75, 3.05) is 38.7 Å². The Morgan fingerprint density at radius 3 is 1.77 bits per heavy atom. The molecular formula is C15H35NO3P2S. The molecule has 0 aliphatic rings. The highest BCUT2D eigenvalue weighted by Gasteiger charge is 2.35.